The zero-order chi connectivity index (χ0) is 17.5. The average Bonchev–Trinajstić information content (AvgIpc) is 2.91. The highest BCUT2D eigenvalue weighted by molar-refractivity contribution is 7.89. The molecular weight excluding hydrogens is 354 g/mol. The Kier molecular flexibility index (Phi) is 4.20. The number of halogens is 1. The number of nitrogens with two attached hydrogens (primary N) is 1. The van der Waals surface area contributed by atoms with Crippen molar-refractivity contribution in [2.75, 3.05) is 5.32 Å². The van der Waals surface area contributed by atoms with Gasteiger partial charge < -0.3 is 5.32 Å². The molecule has 0 saturated heterocycles. The molecule has 0 bridgehead atoms. The summed E-state index contributed by atoms with van der Waals surface area (Å²) in [5, 5.41) is 19.9. The molecule has 0 heterocycles. The normalized spacial score (nSPS) is 16.7. The summed E-state index contributed by atoms with van der Waals surface area (Å²) >= 11 is 6.18. The summed E-state index contributed by atoms with van der Waals surface area (Å²) in [5.74, 6) is 0. The van der Waals surface area contributed by atoms with Crippen LogP contribution in [0.2, 0.25) is 5.02 Å². The molecule has 0 fully saturated rings. The highest BCUT2D eigenvalue weighted by Gasteiger charge is 2.26. The molecule has 9 heteroatoms. The van der Waals surface area contributed by atoms with Gasteiger partial charge in [-0.15, -0.1) is 0 Å². The maximum atomic E-state index is 11.8. The fourth-order valence-corrected chi connectivity index (χ4v) is 3.92. The minimum atomic E-state index is -4.11. The molecular formula is C15H14ClN3O4S. The van der Waals surface area contributed by atoms with E-state index < -0.39 is 14.9 Å². The maximum Gasteiger partial charge on any atom is 0.270 e. The third kappa shape index (κ3) is 3.08. The number of sulfonamides is 1. The van der Waals surface area contributed by atoms with Gasteiger partial charge in [-0.25, -0.2) is 13.6 Å². The first-order chi connectivity index (χ1) is 11.3. The van der Waals surface area contributed by atoms with Gasteiger partial charge in [0.05, 0.1) is 16.7 Å². The lowest BCUT2D eigenvalue weighted by molar-refractivity contribution is -0.385. The lowest BCUT2D eigenvalue weighted by Crippen LogP contribution is -2.17. The third-order valence-corrected chi connectivity index (χ3v) is 5.33. The fourth-order valence-electron chi connectivity index (χ4n) is 2.93. The Morgan fingerprint density at radius 2 is 2.04 bits per heavy atom. The molecule has 126 valence electrons. The van der Waals surface area contributed by atoms with E-state index in [0.29, 0.717) is 5.02 Å². The summed E-state index contributed by atoms with van der Waals surface area (Å²) in [7, 11) is -4.11. The number of nitrogens with zero attached hydrogens (tertiary/aromatic N) is 1. The molecule has 2 aromatic carbocycles. The lowest BCUT2D eigenvalue weighted by Gasteiger charge is -2.18. The van der Waals surface area contributed by atoms with Crippen molar-refractivity contribution in [3.8, 4) is 0 Å². The van der Waals surface area contributed by atoms with E-state index in [2.05, 4.69) is 5.32 Å². The molecule has 1 atom stereocenters. The highest BCUT2D eigenvalue weighted by Crippen LogP contribution is 2.38. The minimum Gasteiger partial charge on any atom is -0.377 e. The monoisotopic (exact) mass is 367 g/mol. The van der Waals surface area contributed by atoms with Gasteiger partial charge >= 0.3 is 0 Å². The molecule has 0 unspecified atom stereocenters. The number of hydrogen-bond acceptors (Lipinski definition) is 5. The van der Waals surface area contributed by atoms with Crippen LogP contribution in [0.25, 0.3) is 0 Å². The van der Waals surface area contributed by atoms with Crippen molar-refractivity contribution in [1.82, 2.24) is 0 Å². The van der Waals surface area contributed by atoms with Crippen LogP contribution in [0, 0.1) is 10.1 Å². The zero-order valence-electron chi connectivity index (χ0n) is 12.4. The van der Waals surface area contributed by atoms with Gasteiger partial charge in [-0.1, -0.05) is 23.7 Å². The number of rotatable bonds is 4. The van der Waals surface area contributed by atoms with E-state index in [1.165, 1.54) is 12.1 Å². The van der Waals surface area contributed by atoms with E-state index >= 15 is 0 Å². The number of nitro groups is 1. The topological polar surface area (TPSA) is 115 Å². The van der Waals surface area contributed by atoms with Crippen LogP contribution < -0.4 is 10.5 Å². The molecule has 3 rings (SSSR count). The van der Waals surface area contributed by atoms with E-state index in [1.807, 2.05) is 18.2 Å². The van der Waals surface area contributed by atoms with E-state index in [0.717, 1.165) is 30.0 Å². The van der Waals surface area contributed by atoms with Gasteiger partial charge in [0.2, 0.25) is 10.0 Å². The number of primary sulfonamides is 1. The van der Waals surface area contributed by atoms with Crippen LogP contribution in [0.1, 0.15) is 23.6 Å². The van der Waals surface area contributed by atoms with Crippen molar-refractivity contribution in [3.63, 3.8) is 0 Å². The Labute approximate surface area is 143 Å². The second-order valence-electron chi connectivity index (χ2n) is 5.53. The summed E-state index contributed by atoms with van der Waals surface area (Å²) in [5.41, 5.74) is 1.91. The molecule has 0 saturated carbocycles. The first-order valence-electron chi connectivity index (χ1n) is 7.12. The van der Waals surface area contributed by atoms with E-state index in [1.54, 1.807) is 0 Å². The van der Waals surface area contributed by atoms with Crippen LogP contribution in [-0.4, -0.2) is 13.3 Å². The Bertz CT molecular complexity index is 930. The summed E-state index contributed by atoms with van der Waals surface area (Å²) in [6.07, 6.45) is 1.50. The second kappa shape index (κ2) is 6.04. The van der Waals surface area contributed by atoms with Crippen LogP contribution in [0.5, 0.6) is 0 Å². The molecule has 0 aromatic heterocycles. The molecule has 1 aliphatic rings. The number of anilines is 1. The van der Waals surface area contributed by atoms with Gasteiger partial charge in [0.1, 0.15) is 4.90 Å². The predicted molar refractivity (Wildman–Crippen MR) is 90.6 cm³/mol. The summed E-state index contributed by atoms with van der Waals surface area (Å²) in [6.45, 7) is 0. The largest absolute Gasteiger partial charge is 0.377 e. The van der Waals surface area contributed by atoms with Gasteiger partial charge in [0, 0.05) is 17.2 Å². The van der Waals surface area contributed by atoms with E-state index in [-0.39, 0.29) is 22.3 Å². The molecule has 3 N–H and O–H groups in total. The van der Waals surface area contributed by atoms with Crippen LogP contribution in [0.4, 0.5) is 11.4 Å². The molecule has 7 nitrogen and oxygen atoms in total. The second-order valence-corrected chi connectivity index (χ2v) is 7.46. The SMILES string of the molecule is NS(=O)(=O)c1cc([N+](=O)[O-])ccc1N[C@H]1CCc2c(Cl)cccc21. The van der Waals surface area contributed by atoms with Crippen molar-refractivity contribution < 1.29 is 13.3 Å². The van der Waals surface area contributed by atoms with E-state index in [4.69, 9.17) is 16.7 Å². The standard InChI is InChI=1S/C15H14ClN3O4S/c16-12-3-1-2-11-10(12)5-7-13(11)18-14-6-4-9(19(20)21)8-15(14)24(17,22)23/h1-4,6,8,13,18H,5,7H2,(H2,17,22,23)/t13-/m0/s1. The van der Waals surface area contributed by atoms with Crippen molar-refractivity contribution in [1.29, 1.82) is 0 Å². The molecule has 0 radical (unpaired) electrons. The number of hydrogen-bond donors (Lipinski definition) is 2. The van der Waals surface area contributed by atoms with Crippen molar-refractivity contribution >= 4 is 33.0 Å². The van der Waals surface area contributed by atoms with Gasteiger partial charge in [-0.2, -0.15) is 0 Å². The summed E-state index contributed by atoms with van der Waals surface area (Å²) in [6, 6.07) is 8.99. The summed E-state index contributed by atoms with van der Waals surface area (Å²) in [4.78, 5) is 9.91. The molecule has 24 heavy (non-hydrogen) atoms. The lowest BCUT2D eigenvalue weighted by atomic mass is 10.1. The number of fused-ring (bicyclic) bond motifs is 1. The van der Waals surface area contributed by atoms with Crippen molar-refractivity contribution in [3.05, 3.63) is 62.7 Å². The van der Waals surface area contributed by atoms with Gasteiger partial charge in [-0.05, 0) is 36.1 Å². The number of nitro benzene ring substituents is 1. The van der Waals surface area contributed by atoms with E-state index in [9.17, 15) is 18.5 Å². The zero-order valence-corrected chi connectivity index (χ0v) is 14.0. The first-order valence-corrected chi connectivity index (χ1v) is 9.05. The highest BCUT2D eigenvalue weighted by atomic mass is 35.5. The van der Waals surface area contributed by atoms with Crippen LogP contribution in [0.3, 0.4) is 0 Å². The smallest absolute Gasteiger partial charge is 0.270 e. The quantitative estimate of drug-likeness (QED) is 0.636. The van der Waals surface area contributed by atoms with Crippen molar-refractivity contribution in [2.45, 2.75) is 23.8 Å². The molecule has 0 aliphatic heterocycles. The van der Waals surface area contributed by atoms with Crippen molar-refractivity contribution in [2.24, 2.45) is 5.14 Å². The average molecular weight is 368 g/mol. The first kappa shape index (κ1) is 16.7. The molecule has 1 aliphatic carbocycles. The summed E-state index contributed by atoms with van der Waals surface area (Å²) < 4.78 is 23.6. The number of nitrogens with one attached hydrogen (secondary N) is 1. The molecule has 0 amide bonds. The Hall–Kier alpha value is -2.16. The minimum absolute atomic E-state index is 0.138. The Balaban J connectivity index is 2.00. The maximum absolute atomic E-state index is 11.8. The Morgan fingerprint density at radius 1 is 1.29 bits per heavy atom. The third-order valence-electron chi connectivity index (χ3n) is 4.03. The predicted octanol–water partition coefficient (Wildman–Crippen LogP) is 3.00. The number of non-ortho nitro benzene ring substituents is 1. The fraction of sp³-hybridized carbons (Fsp3) is 0.200. The molecule has 2 aromatic rings. The van der Waals surface area contributed by atoms with Crippen LogP contribution in [-0.2, 0) is 16.4 Å². The van der Waals surface area contributed by atoms with Crippen LogP contribution in [0.15, 0.2) is 41.3 Å². The van der Waals surface area contributed by atoms with Crippen LogP contribution >= 0.6 is 11.6 Å². The van der Waals surface area contributed by atoms with Gasteiger partial charge in [-0.3, -0.25) is 10.1 Å². The van der Waals surface area contributed by atoms with Gasteiger partial charge in [0.25, 0.3) is 5.69 Å². The number of benzene rings is 2. The van der Waals surface area contributed by atoms with Gasteiger partial charge in [0.15, 0.2) is 0 Å². The Morgan fingerprint density at radius 3 is 2.71 bits per heavy atom. The molecule has 0 spiro atoms.